The van der Waals surface area contributed by atoms with E-state index in [9.17, 15) is 4.79 Å². The van der Waals surface area contributed by atoms with Crippen LogP contribution in [-0.4, -0.2) is 50.2 Å². The molecule has 0 aromatic heterocycles. The van der Waals surface area contributed by atoms with E-state index in [0.717, 1.165) is 25.9 Å². The van der Waals surface area contributed by atoms with Gasteiger partial charge in [0, 0.05) is 0 Å². The monoisotopic (exact) mass is 230 g/mol. The number of likely N-dealkylation sites (N-methyl/N-ethyl adjacent to an activating group) is 1. The highest BCUT2D eigenvalue weighted by molar-refractivity contribution is 5.80. The lowest BCUT2D eigenvalue weighted by molar-refractivity contribution is -0.150. The molecule has 0 radical (unpaired) electrons. The molecule has 4 heteroatoms. The molecule has 4 nitrogen and oxygen atoms in total. The minimum atomic E-state index is -0.541. The van der Waals surface area contributed by atoms with Gasteiger partial charge in [0.1, 0.15) is 5.54 Å². The van der Waals surface area contributed by atoms with E-state index in [0.29, 0.717) is 6.61 Å². The zero-order valence-electron chi connectivity index (χ0n) is 11.3. The molecule has 0 spiro atoms. The Morgan fingerprint density at radius 2 is 2.00 bits per heavy atom. The lowest BCUT2D eigenvalue weighted by Crippen LogP contribution is -2.50. The zero-order valence-corrected chi connectivity index (χ0v) is 11.3. The Hall–Kier alpha value is -0.610. The van der Waals surface area contributed by atoms with Crippen molar-refractivity contribution in [2.24, 2.45) is 0 Å². The van der Waals surface area contributed by atoms with E-state index in [1.54, 1.807) is 0 Å². The molecule has 0 heterocycles. The SMILES string of the molecule is CCNC(C)(CCCN(C)C)C(=O)OCC. The Kier molecular flexibility index (Phi) is 7.34. The fraction of sp³-hybridized carbons (Fsp3) is 0.917. The molecule has 0 aliphatic carbocycles. The Morgan fingerprint density at radius 1 is 1.38 bits per heavy atom. The van der Waals surface area contributed by atoms with E-state index < -0.39 is 5.54 Å². The fourth-order valence-corrected chi connectivity index (χ4v) is 1.69. The van der Waals surface area contributed by atoms with Gasteiger partial charge >= 0.3 is 5.97 Å². The summed E-state index contributed by atoms with van der Waals surface area (Å²) in [6, 6.07) is 0. The summed E-state index contributed by atoms with van der Waals surface area (Å²) in [7, 11) is 4.07. The quantitative estimate of drug-likeness (QED) is 0.637. The van der Waals surface area contributed by atoms with Gasteiger partial charge < -0.3 is 15.0 Å². The van der Waals surface area contributed by atoms with E-state index in [1.807, 2.05) is 34.9 Å². The normalized spacial score (nSPS) is 14.9. The Bertz CT molecular complexity index is 207. The van der Waals surface area contributed by atoms with Gasteiger partial charge in [-0.15, -0.1) is 0 Å². The minimum absolute atomic E-state index is 0.143. The average Bonchev–Trinajstić information content (AvgIpc) is 2.17. The van der Waals surface area contributed by atoms with E-state index >= 15 is 0 Å². The molecule has 0 aromatic rings. The van der Waals surface area contributed by atoms with Crippen molar-refractivity contribution in [3.63, 3.8) is 0 Å². The molecule has 0 saturated carbocycles. The predicted octanol–water partition coefficient (Wildman–Crippen LogP) is 1.26. The van der Waals surface area contributed by atoms with Crippen LogP contribution in [0.15, 0.2) is 0 Å². The summed E-state index contributed by atoms with van der Waals surface area (Å²) in [6.07, 6.45) is 1.78. The Labute approximate surface area is 99.3 Å². The van der Waals surface area contributed by atoms with Crippen molar-refractivity contribution in [2.75, 3.05) is 33.8 Å². The van der Waals surface area contributed by atoms with Gasteiger partial charge in [0.05, 0.1) is 6.61 Å². The molecule has 0 aliphatic heterocycles. The smallest absolute Gasteiger partial charge is 0.326 e. The number of carbonyl (C=O) groups is 1. The third-order valence-corrected chi connectivity index (χ3v) is 2.58. The molecule has 16 heavy (non-hydrogen) atoms. The van der Waals surface area contributed by atoms with Gasteiger partial charge in [-0.05, 0) is 53.9 Å². The predicted molar refractivity (Wildman–Crippen MR) is 66.5 cm³/mol. The van der Waals surface area contributed by atoms with Crippen molar-refractivity contribution in [1.82, 2.24) is 10.2 Å². The Balaban J connectivity index is 4.26. The van der Waals surface area contributed by atoms with Crippen LogP contribution in [0.4, 0.5) is 0 Å². The third kappa shape index (κ3) is 5.47. The third-order valence-electron chi connectivity index (χ3n) is 2.58. The first-order valence-corrected chi connectivity index (χ1v) is 6.03. The van der Waals surface area contributed by atoms with Crippen LogP contribution in [0.5, 0.6) is 0 Å². The van der Waals surface area contributed by atoms with Gasteiger partial charge in [0.25, 0.3) is 0 Å². The van der Waals surface area contributed by atoms with Gasteiger partial charge in [-0.25, -0.2) is 0 Å². The van der Waals surface area contributed by atoms with Crippen molar-refractivity contribution in [3.8, 4) is 0 Å². The van der Waals surface area contributed by atoms with Crippen LogP contribution in [-0.2, 0) is 9.53 Å². The first-order valence-electron chi connectivity index (χ1n) is 6.03. The number of nitrogens with one attached hydrogen (secondary N) is 1. The number of hydrogen-bond donors (Lipinski definition) is 1. The Morgan fingerprint density at radius 3 is 2.44 bits per heavy atom. The molecular weight excluding hydrogens is 204 g/mol. The number of hydrogen-bond acceptors (Lipinski definition) is 4. The summed E-state index contributed by atoms with van der Waals surface area (Å²) in [5.74, 6) is -0.143. The highest BCUT2D eigenvalue weighted by atomic mass is 16.5. The summed E-state index contributed by atoms with van der Waals surface area (Å²) in [5.41, 5.74) is -0.541. The molecule has 0 bridgehead atoms. The van der Waals surface area contributed by atoms with Gasteiger partial charge in [0.15, 0.2) is 0 Å². The minimum Gasteiger partial charge on any atom is -0.465 e. The number of esters is 1. The summed E-state index contributed by atoms with van der Waals surface area (Å²) in [5, 5.41) is 3.22. The van der Waals surface area contributed by atoms with Crippen LogP contribution < -0.4 is 5.32 Å². The number of nitrogens with zero attached hydrogens (tertiary/aromatic N) is 1. The molecule has 1 atom stereocenters. The van der Waals surface area contributed by atoms with Gasteiger partial charge in [-0.2, -0.15) is 0 Å². The van der Waals surface area contributed by atoms with Crippen molar-refractivity contribution in [3.05, 3.63) is 0 Å². The largest absolute Gasteiger partial charge is 0.465 e. The maximum absolute atomic E-state index is 11.8. The van der Waals surface area contributed by atoms with Crippen LogP contribution in [0, 0.1) is 0 Å². The van der Waals surface area contributed by atoms with E-state index in [-0.39, 0.29) is 5.97 Å². The van der Waals surface area contributed by atoms with Crippen molar-refractivity contribution < 1.29 is 9.53 Å². The first kappa shape index (κ1) is 15.4. The number of rotatable bonds is 8. The van der Waals surface area contributed by atoms with E-state index in [4.69, 9.17) is 4.74 Å². The maximum atomic E-state index is 11.8. The average molecular weight is 230 g/mol. The van der Waals surface area contributed by atoms with E-state index in [1.165, 1.54) is 0 Å². The summed E-state index contributed by atoms with van der Waals surface area (Å²) >= 11 is 0. The van der Waals surface area contributed by atoms with Crippen molar-refractivity contribution in [2.45, 2.75) is 39.2 Å². The van der Waals surface area contributed by atoms with Crippen LogP contribution in [0.2, 0.25) is 0 Å². The maximum Gasteiger partial charge on any atom is 0.326 e. The van der Waals surface area contributed by atoms with Crippen LogP contribution in [0.25, 0.3) is 0 Å². The second-order valence-corrected chi connectivity index (χ2v) is 4.49. The zero-order chi connectivity index (χ0) is 12.6. The molecule has 1 unspecified atom stereocenters. The lowest BCUT2D eigenvalue weighted by Gasteiger charge is -2.28. The summed E-state index contributed by atoms with van der Waals surface area (Å²) in [4.78, 5) is 14.0. The molecule has 0 fully saturated rings. The highest BCUT2D eigenvalue weighted by Crippen LogP contribution is 2.14. The second kappa shape index (κ2) is 7.63. The molecule has 0 amide bonds. The molecular formula is C12H26N2O2. The summed E-state index contributed by atoms with van der Waals surface area (Å²) < 4.78 is 5.10. The molecule has 1 N–H and O–H groups in total. The van der Waals surface area contributed by atoms with Gasteiger partial charge in [-0.1, -0.05) is 6.92 Å². The van der Waals surface area contributed by atoms with Crippen LogP contribution >= 0.6 is 0 Å². The fourth-order valence-electron chi connectivity index (χ4n) is 1.69. The lowest BCUT2D eigenvalue weighted by atomic mass is 9.95. The van der Waals surface area contributed by atoms with E-state index in [2.05, 4.69) is 10.2 Å². The first-order chi connectivity index (χ1) is 7.46. The van der Waals surface area contributed by atoms with Gasteiger partial charge in [0.2, 0.25) is 0 Å². The van der Waals surface area contributed by atoms with Gasteiger partial charge in [-0.3, -0.25) is 4.79 Å². The standard InChI is InChI=1S/C12H26N2O2/c1-6-13-12(3,11(15)16-7-2)9-8-10-14(4)5/h13H,6-10H2,1-5H3. The number of ether oxygens (including phenoxy) is 1. The molecule has 0 saturated heterocycles. The molecule has 96 valence electrons. The summed E-state index contributed by atoms with van der Waals surface area (Å²) in [6.45, 7) is 7.96. The van der Waals surface area contributed by atoms with Crippen LogP contribution in [0.3, 0.4) is 0 Å². The van der Waals surface area contributed by atoms with Crippen LogP contribution in [0.1, 0.15) is 33.6 Å². The molecule has 0 rings (SSSR count). The molecule has 0 aromatic carbocycles. The van der Waals surface area contributed by atoms with Crippen molar-refractivity contribution >= 4 is 5.97 Å². The second-order valence-electron chi connectivity index (χ2n) is 4.49. The highest BCUT2D eigenvalue weighted by Gasteiger charge is 2.32. The molecule has 0 aliphatic rings. The van der Waals surface area contributed by atoms with Crippen molar-refractivity contribution in [1.29, 1.82) is 0 Å². The number of carbonyl (C=O) groups excluding carboxylic acids is 1. The topological polar surface area (TPSA) is 41.6 Å².